The third kappa shape index (κ3) is 2.40. The van der Waals surface area contributed by atoms with Crippen LogP contribution in [0.25, 0.3) is 0 Å². The number of piperazine rings is 1. The average molecular weight is 252 g/mol. The van der Waals surface area contributed by atoms with Crippen LogP contribution in [0.15, 0.2) is 11.8 Å². The maximum Gasteiger partial charge on any atom is 0.177 e. The molecule has 3 aliphatic rings. The van der Waals surface area contributed by atoms with Crippen LogP contribution in [0.3, 0.4) is 0 Å². The van der Waals surface area contributed by atoms with Crippen LogP contribution in [0.2, 0.25) is 0 Å². The van der Waals surface area contributed by atoms with Gasteiger partial charge in [-0.3, -0.25) is 5.84 Å². The minimum absolute atomic E-state index is 0.00157. The number of allylic oxidation sites excluding steroid dienone is 2. The third-order valence-corrected chi connectivity index (χ3v) is 4.27. The number of ether oxygens (including phenoxy) is 1. The predicted octanol–water partition coefficient (Wildman–Crippen LogP) is 0.108. The molecular formula is C13H24N4O. The molecule has 3 N–H and O–H groups in total. The van der Waals surface area contributed by atoms with Crippen LogP contribution < -0.4 is 11.2 Å². The molecule has 0 bridgehead atoms. The number of nitrogens with one attached hydrogen (secondary N) is 1. The standard InChI is InChI=1S/C13H24N4O/c1-16(14)8-11-2-4-12(5-3-11)17-7-6-15-9-13(17)10-18-13/h4,11,15H,2-3,5-10,14H2,1H3. The summed E-state index contributed by atoms with van der Waals surface area (Å²) in [5.74, 6) is 6.44. The molecule has 3 rings (SSSR count). The number of rotatable bonds is 3. The monoisotopic (exact) mass is 252 g/mol. The van der Waals surface area contributed by atoms with Crippen molar-refractivity contribution in [1.82, 2.24) is 15.2 Å². The minimum Gasteiger partial charge on any atom is -0.347 e. The molecule has 2 aliphatic heterocycles. The zero-order valence-corrected chi connectivity index (χ0v) is 11.2. The highest BCUT2D eigenvalue weighted by molar-refractivity contribution is 5.14. The number of hydrogen-bond acceptors (Lipinski definition) is 5. The molecule has 2 saturated heterocycles. The van der Waals surface area contributed by atoms with Crippen molar-refractivity contribution in [3.05, 3.63) is 11.8 Å². The smallest absolute Gasteiger partial charge is 0.177 e. The lowest BCUT2D eigenvalue weighted by Crippen LogP contribution is -2.53. The Labute approximate surface area is 109 Å². The van der Waals surface area contributed by atoms with Crippen LogP contribution in [-0.4, -0.2) is 55.5 Å². The van der Waals surface area contributed by atoms with Crippen LogP contribution in [0, 0.1) is 5.92 Å². The van der Waals surface area contributed by atoms with Gasteiger partial charge in [0, 0.05) is 38.9 Å². The molecule has 0 aromatic carbocycles. The fraction of sp³-hybridized carbons (Fsp3) is 0.846. The van der Waals surface area contributed by atoms with Gasteiger partial charge in [-0.15, -0.1) is 0 Å². The Bertz CT molecular complexity index is 338. The van der Waals surface area contributed by atoms with Gasteiger partial charge in [0.1, 0.15) is 0 Å². The van der Waals surface area contributed by atoms with Crippen LogP contribution in [-0.2, 0) is 4.74 Å². The molecule has 1 spiro atoms. The summed E-state index contributed by atoms with van der Waals surface area (Å²) in [5.41, 5.74) is 1.49. The fourth-order valence-electron chi connectivity index (χ4n) is 3.21. The van der Waals surface area contributed by atoms with Gasteiger partial charge in [0.15, 0.2) is 5.72 Å². The summed E-state index contributed by atoms with van der Waals surface area (Å²) < 4.78 is 5.69. The Morgan fingerprint density at radius 2 is 2.50 bits per heavy atom. The van der Waals surface area contributed by atoms with Gasteiger partial charge in [0.25, 0.3) is 0 Å². The van der Waals surface area contributed by atoms with Crippen molar-refractivity contribution in [2.24, 2.45) is 11.8 Å². The highest BCUT2D eigenvalue weighted by atomic mass is 16.6. The Kier molecular flexibility index (Phi) is 3.32. The second kappa shape index (κ2) is 4.81. The van der Waals surface area contributed by atoms with Crippen molar-refractivity contribution < 1.29 is 4.74 Å². The van der Waals surface area contributed by atoms with Gasteiger partial charge >= 0.3 is 0 Å². The second-order valence-electron chi connectivity index (χ2n) is 5.84. The SMILES string of the molecule is CN(N)CC1CC=C(N2CCNCC23CO3)CC1. The molecule has 2 unspecified atom stereocenters. The second-order valence-corrected chi connectivity index (χ2v) is 5.84. The molecule has 0 radical (unpaired) electrons. The quantitative estimate of drug-likeness (QED) is 0.424. The maximum absolute atomic E-state index is 5.73. The largest absolute Gasteiger partial charge is 0.347 e. The summed E-state index contributed by atoms with van der Waals surface area (Å²) in [6.07, 6.45) is 5.97. The van der Waals surface area contributed by atoms with E-state index in [9.17, 15) is 0 Å². The number of hydrogen-bond donors (Lipinski definition) is 2. The normalized spacial score (nSPS) is 36.1. The lowest BCUT2D eigenvalue weighted by molar-refractivity contribution is 0.0786. The Morgan fingerprint density at radius 3 is 3.11 bits per heavy atom. The molecule has 0 aromatic rings. The predicted molar refractivity (Wildman–Crippen MR) is 70.5 cm³/mol. The lowest BCUT2D eigenvalue weighted by atomic mass is 9.91. The molecule has 2 atom stereocenters. The zero-order valence-electron chi connectivity index (χ0n) is 11.2. The third-order valence-electron chi connectivity index (χ3n) is 4.27. The van der Waals surface area contributed by atoms with Gasteiger partial charge < -0.3 is 15.0 Å². The van der Waals surface area contributed by atoms with Gasteiger partial charge in [0.05, 0.1) is 6.61 Å². The van der Waals surface area contributed by atoms with Crippen molar-refractivity contribution in [3.8, 4) is 0 Å². The molecule has 1 aliphatic carbocycles. The highest BCUT2D eigenvalue weighted by Gasteiger charge is 2.52. The Hall–Kier alpha value is -0.620. The van der Waals surface area contributed by atoms with Crippen molar-refractivity contribution in [1.29, 1.82) is 0 Å². The van der Waals surface area contributed by atoms with E-state index in [-0.39, 0.29) is 5.72 Å². The first-order valence-electron chi connectivity index (χ1n) is 6.97. The zero-order chi connectivity index (χ0) is 12.6. The van der Waals surface area contributed by atoms with Crippen LogP contribution in [0.4, 0.5) is 0 Å². The van der Waals surface area contributed by atoms with Gasteiger partial charge in [-0.25, -0.2) is 5.01 Å². The summed E-state index contributed by atoms with van der Waals surface area (Å²) in [6.45, 7) is 4.99. The van der Waals surface area contributed by atoms with Crippen molar-refractivity contribution in [2.45, 2.75) is 25.0 Å². The van der Waals surface area contributed by atoms with E-state index >= 15 is 0 Å². The van der Waals surface area contributed by atoms with E-state index in [2.05, 4.69) is 16.3 Å². The van der Waals surface area contributed by atoms with Gasteiger partial charge in [0.2, 0.25) is 0 Å². The van der Waals surface area contributed by atoms with E-state index < -0.39 is 0 Å². The molecule has 0 saturated carbocycles. The number of nitrogens with two attached hydrogens (primary N) is 1. The Morgan fingerprint density at radius 1 is 1.67 bits per heavy atom. The highest BCUT2D eigenvalue weighted by Crippen LogP contribution is 2.38. The molecule has 18 heavy (non-hydrogen) atoms. The lowest BCUT2D eigenvalue weighted by Gasteiger charge is -2.39. The number of hydrazine groups is 1. The molecule has 5 nitrogen and oxygen atoms in total. The number of nitrogens with zero attached hydrogens (tertiary/aromatic N) is 2. The average Bonchev–Trinajstić information content (AvgIpc) is 3.11. The topological polar surface area (TPSA) is 57.1 Å². The van der Waals surface area contributed by atoms with E-state index in [0.717, 1.165) is 39.2 Å². The van der Waals surface area contributed by atoms with Gasteiger partial charge in [-0.2, -0.15) is 0 Å². The molecule has 0 amide bonds. The van der Waals surface area contributed by atoms with Gasteiger partial charge in [-0.1, -0.05) is 6.08 Å². The first kappa shape index (κ1) is 12.4. The minimum atomic E-state index is 0.00157. The van der Waals surface area contributed by atoms with Crippen LogP contribution in [0.5, 0.6) is 0 Å². The molecule has 102 valence electrons. The van der Waals surface area contributed by atoms with E-state index in [4.69, 9.17) is 10.6 Å². The molecule has 2 fully saturated rings. The molecular weight excluding hydrogens is 228 g/mol. The van der Waals surface area contributed by atoms with E-state index in [1.165, 1.54) is 18.5 Å². The van der Waals surface area contributed by atoms with Gasteiger partial charge in [-0.05, 0) is 25.2 Å². The maximum atomic E-state index is 5.73. The van der Waals surface area contributed by atoms with E-state index in [1.807, 2.05) is 7.05 Å². The fourth-order valence-corrected chi connectivity index (χ4v) is 3.21. The van der Waals surface area contributed by atoms with Crippen molar-refractivity contribution >= 4 is 0 Å². The van der Waals surface area contributed by atoms with E-state index in [0.29, 0.717) is 5.92 Å². The molecule has 2 heterocycles. The summed E-state index contributed by atoms with van der Waals surface area (Å²) in [5, 5.41) is 5.23. The van der Waals surface area contributed by atoms with Crippen molar-refractivity contribution in [2.75, 3.05) is 39.8 Å². The first-order chi connectivity index (χ1) is 8.70. The van der Waals surface area contributed by atoms with Crippen LogP contribution in [0.1, 0.15) is 19.3 Å². The first-order valence-corrected chi connectivity index (χ1v) is 6.97. The number of epoxide rings is 1. The van der Waals surface area contributed by atoms with Crippen LogP contribution >= 0.6 is 0 Å². The van der Waals surface area contributed by atoms with E-state index in [1.54, 1.807) is 5.01 Å². The van der Waals surface area contributed by atoms with Crippen molar-refractivity contribution in [3.63, 3.8) is 0 Å². The molecule has 0 aromatic heterocycles. The Balaban J connectivity index is 1.62. The summed E-state index contributed by atoms with van der Waals surface area (Å²) in [6, 6.07) is 0. The summed E-state index contributed by atoms with van der Waals surface area (Å²) in [4.78, 5) is 2.49. The summed E-state index contributed by atoms with van der Waals surface area (Å²) in [7, 11) is 1.95. The molecule has 5 heteroatoms. The summed E-state index contributed by atoms with van der Waals surface area (Å²) >= 11 is 0.